The number of carbonyl (C=O) groups excluding carboxylic acids is 1. The van der Waals surface area contributed by atoms with Crippen LogP contribution >= 0.6 is 0 Å². The molecular formula is C19H28N2O2. The molecule has 1 amide bonds. The lowest BCUT2D eigenvalue weighted by atomic mass is 10.1. The summed E-state index contributed by atoms with van der Waals surface area (Å²) < 4.78 is 6.03. The first kappa shape index (κ1) is 17.5. The molecule has 1 heterocycles. The van der Waals surface area contributed by atoms with E-state index >= 15 is 0 Å². The number of benzene rings is 1. The third kappa shape index (κ3) is 4.58. The SMILES string of the molecule is CCCCc1oc2ccccc2c1CN(C)C(=O)CCCNC. The van der Waals surface area contributed by atoms with Crippen molar-refractivity contribution >= 4 is 16.9 Å². The van der Waals surface area contributed by atoms with E-state index in [4.69, 9.17) is 4.42 Å². The summed E-state index contributed by atoms with van der Waals surface area (Å²) in [6.07, 6.45) is 4.62. The number of hydrogen-bond acceptors (Lipinski definition) is 3. The number of aryl methyl sites for hydroxylation is 1. The third-order valence-corrected chi connectivity index (χ3v) is 4.18. The number of hydrogen-bond donors (Lipinski definition) is 1. The van der Waals surface area contributed by atoms with Crippen LogP contribution in [0.15, 0.2) is 28.7 Å². The minimum absolute atomic E-state index is 0.187. The van der Waals surface area contributed by atoms with Crippen molar-refractivity contribution < 1.29 is 9.21 Å². The molecule has 126 valence electrons. The summed E-state index contributed by atoms with van der Waals surface area (Å²) in [4.78, 5) is 14.1. The molecule has 0 bridgehead atoms. The molecule has 4 heteroatoms. The molecule has 0 saturated heterocycles. The largest absolute Gasteiger partial charge is 0.461 e. The second kappa shape index (κ2) is 8.73. The number of carbonyl (C=O) groups is 1. The van der Waals surface area contributed by atoms with Gasteiger partial charge in [-0.1, -0.05) is 31.5 Å². The standard InChI is InChI=1S/C19H28N2O2/c1-4-5-10-18-16(15-9-6-7-11-17(15)23-18)14-21(3)19(22)12-8-13-20-2/h6-7,9,11,20H,4-5,8,10,12-14H2,1-3H3. The van der Waals surface area contributed by atoms with Crippen LogP contribution in [0.5, 0.6) is 0 Å². The molecule has 0 aliphatic carbocycles. The Kier molecular flexibility index (Phi) is 6.66. The van der Waals surface area contributed by atoms with Crippen molar-refractivity contribution in [2.45, 2.75) is 45.6 Å². The van der Waals surface area contributed by atoms with Crippen LogP contribution in [0.25, 0.3) is 11.0 Å². The minimum atomic E-state index is 0.187. The van der Waals surface area contributed by atoms with Crippen molar-refractivity contribution in [3.63, 3.8) is 0 Å². The van der Waals surface area contributed by atoms with Crippen LogP contribution in [0.4, 0.5) is 0 Å². The lowest BCUT2D eigenvalue weighted by Crippen LogP contribution is -2.27. The van der Waals surface area contributed by atoms with E-state index in [2.05, 4.69) is 18.3 Å². The Bertz CT molecular complexity index is 633. The molecule has 2 rings (SSSR count). The fourth-order valence-electron chi connectivity index (χ4n) is 2.79. The monoisotopic (exact) mass is 316 g/mol. The summed E-state index contributed by atoms with van der Waals surface area (Å²) in [6, 6.07) is 8.11. The van der Waals surface area contributed by atoms with Gasteiger partial charge in [0, 0.05) is 37.4 Å². The maximum atomic E-state index is 12.3. The first-order valence-corrected chi connectivity index (χ1v) is 8.55. The minimum Gasteiger partial charge on any atom is -0.461 e. The van der Waals surface area contributed by atoms with Crippen LogP contribution in [0, 0.1) is 0 Å². The zero-order chi connectivity index (χ0) is 16.7. The van der Waals surface area contributed by atoms with E-state index in [1.807, 2.05) is 37.2 Å². The Morgan fingerprint density at radius 2 is 2.04 bits per heavy atom. The molecule has 4 nitrogen and oxygen atoms in total. The summed E-state index contributed by atoms with van der Waals surface area (Å²) in [6.45, 7) is 3.67. The van der Waals surface area contributed by atoms with Crippen LogP contribution in [-0.4, -0.2) is 31.4 Å². The number of rotatable bonds is 9. The van der Waals surface area contributed by atoms with Gasteiger partial charge in [0.2, 0.25) is 5.91 Å². The summed E-state index contributed by atoms with van der Waals surface area (Å²) in [7, 11) is 3.79. The second-order valence-electron chi connectivity index (χ2n) is 6.06. The number of furan rings is 1. The molecule has 1 N–H and O–H groups in total. The summed E-state index contributed by atoms with van der Waals surface area (Å²) in [5.41, 5.74) is 2.09. The quantitative estimate of drug-likeness (QED) is 0.717. The lowest BCUT2D eigenvalue weighted by molar-refractivity contribution is -0.130. The van der Waals surface area contributed by atoms with E-state index in [9.17, 15) is 4.79 Å². The summed E-state index contributed by atoms with van der Waals surface area (Å²) in [5.74, 6) is 1.22. The first-order chi connectivity index (χ1) is 11.2. The Balaban J connectivity index is 2.15. The second-order valence-corrected chi connectivity index (χ2v) is 6.06. The van der Waals surface area contributed by atoms with Gasteiger partial charge in [0.15, 0.2) is 0 Å². The first-order valence-electron chi connectivity index (χ1n) is 8.55. The number of unbranched alkanes of at least 4 members (excludes halogenated alkanes) is 1. The zero-order valence-electron chi connectivity index (χ0n) is 14.5. The van der Waals surface area contributed by atoms with Crippen molar-refractivity contribution in [2.24, 2.45) is 0 Å². The number of amides is 1. The van der Waals surface area contributed by atoms with Gasteiger partial charge < -0.3 is 14.6 Å². The lowest BCUT2D eigenvalue weighted by Gasteiger charge is -2.17. The predicted octanol–water partition coefficient (Wildman–Crippen LogP) is 3.73. The van der Waals surface area contributed by atoms with Crippen molar-refractivity contribution in [2.75, 3.05) is 20.6 Å². The normalized spacial score (nSPS) is 11.1. The molecule has 0 aliphatic heterocycles. The van der Waals surface area contributed by atoms with Gasteiger partial charge in [-0.3, -0.25) is 4.79 Å². The average Bonchev–Trinajstić information content (AvgIpc) is 2.90. The Hall–Kier alpha value is -1.81. The highest BCUT2D eigenvalue weighted by atomic mass is 16.3. The molecule has 0 spiro atoms. The molecule has 0 atom stereocenters. The summed E-state index contributed by atoms with van der Waals surface area (Å²) >= 11 is 0. The highest BCUT2D eigenvalue weighted by Crippen LogP contribution is 2.28. The molecule has 2 aromatic rings. The van der Waals surface area contributed by atoms with E-state index in [-0.39, 0.29) is 5.91 Å². The fraction of sp³-hybridized carbons (Fsp3) is 0.526. The maximum absolute atomic E-state index is 12.3. The van der Waals surface area contributed by atoms with Gasteiger partial charge in [0.1, 0.15) is 11.3 Å². The number of fused-ring (bicyclic) bond motifs is 1. The molecular weight excluding hydrogens is 288 g/mol. The van der Waals surface area contributed by atoms with Crippen molar-refractivity contribution in [3.8, 4) is 0 Å². The van der Waals surface area contributed by atoms with Gasteiger partial charge in [0.05, 0.1) is 0 Å². The van der Waals surface area contributed by atoms with E-state index in [0.29, 0.717) is 13.0 Å². The number of nitrogens with zero attached hydrogens (tertiary/aromatic N) is 1. The average molecular weight is 316 g/mol. The molecule has 23 heavy (non-hydrogen) atoms. The van der Waals surface area contributed by atoms with E-state index in [0.717, 1.165) is 49.0 Å². The van der Waals surface area contributed by atoms with Crippen LogP contribution in [0.2, 0.25) is 0 Å². The molecule has 0 radical (unpaired) electrons. The van der Waals surface area contributed by atoms with Crippen LogP contribution in [0.3, 0.4) is 0 Å². The Morgan fingerprint density at radius 3 is 2.78 bits per heavy atom. The maximum Gasteiger partial charge on any atom is 0.222 e. The fourth-order valence-corrected chi connectivity index (χ4v) is 2.79. The molecule has 0 unspecified atom stereocenters. The van der Waals surface area contributed by atoms with Crippen LogP contribution in [-0.2, 0) is 17.8 Å². The van der Waals surface area contributed by atoms with Crippen molar-refractivity contribution in [1.29, 1.82) is 0 Å². The van der Waals surface area contributed by atoms with Crippen LogP contribution < -0.4 is 5.32 Å². The highest BCUT2D eigenvalue weighted by molar-refractivity contribution is 5.83. The topological polar surface area (TPSA) is 45.5 Å². The van der Waals surface area contributed by atoms with Gasteiger partial charge >= 0.3 is 0 Å². The molecule has 1 aromatic heterocycles. The molecule has 0 aliphatic rings. The van der Waals surface area contributed by atoms with Gasteiger partial charge in [-0.15, -0.1) is 0 Å². The Labute approximate surface area is 138 Å². The molecule has 1 aromatic carbocycles. The van der Waals surface area contributed by atoms with E-state index in [1.165, 1.54) is 5.56 Å². The predicted molar refractivity (Wildman–Crippen MR) is 94.5 cm³/mol. The van der Waals surface area contributed by atoms with E-state index in [1.54, 1.807) is 0 Å². The third-order valence-electron chi connectivity index (χ3n) is 4.18. The molecule has 0 fully saturated rings. The zero-order valence-corrected chi connectivity index (χ0v) is 14.5. The molecule has 0 saturated carbocycles. The van der Waals surface area contributed by atoms with Gasteiger partial charge in [-0.25, -0.2) is 0 Å². The van der Waals surface area contributed by atoms with Crippen molar-refractivity contribution in [1.82, 2.24) is 10.2 Å². The van der Waals surface area contributed by atoms with Crippen molar-refractivity contribution in [3.05, 3.63) is 35.6 Å². The van der Waals surface area contributed by atoms with Crippen LogP contribution in [0.1, 0.15) is 43.9 Å². The highest BCUT2D eigenvalue weighted by Gasteiger charge is 2.17. The summed E-state index contributed by atoms with van der Waals surface area (Å²) in [5, 5.41) is 4.21. The Morgan fingerprint density at radius 1 is 1.26 bits per heavy atom. The van der Waals surface area contributed by atoms with Gasteiger partial charge in [0.25, 0.3) is 0 Å². The smallest absolute Gasteiger partial charge is 0.222 e. The number of nitrogens with one attached hydrogen (secondary N) is 1. The number of para-hydroxylation sites is 1. The van der Waals surface area contributed by atoms with Gasteiger partial charge in [-0.2, -0.15) is 0 Å². The van der Waals surface area contributed by atoms with E-state index < -0.39 is 0 Å². The van der Waals surface area contributed by atoms with Gasteiger partial charge in [-0.05, 0) is 32.5 Å².